The third-order valence-corrected chi connectivity index (χ3v) is 11.2. The van der Waals surface area contributed by atoms with E-state index in [2.05, 4.69) is 46.6 Å². The molecule has 8 rings (SSSR count). The number of aromatic nitrogens is 1. The number of nitrogens with zero attached hydrogens (tertiary/aromatic N) is 3. The molecule has 0 bridgehead atoms. The highest BCUT2D eigenvalue weighted by atomic mass is 16.7. The molecule has 4 fully saturated rings. The van der Waals surface area contributed by atoms with Crippen LogP contribution in [0.1, 0.15) is 55.7 Å². The lowest BCUT2D eigenvalue weighted by Crippen LogP contribution is -2.71. The van der Waals surface area contributed by atoms with Crippen molar-refractivity contribution in [2.75, 3.05) is 20.1 Å². The SMILES string of the molecule is CC(C)[C@@]1(NC(=O)[C@@H]2C[C@@H]3c4cccc5[nH]cc(c45)C[C@@H]3N(C)C2)O[C@@]2(O)[C@H]3CCCN3C(=O)[C@H](Cc3ccccc3)N2C1=O. The molecule has 5 aliphatic rings. The van der Waals surface area contributed by atoms with Gasteiger partial charge >= 0.3 is 0 Å². The molecule has 10 heteroatoms. The first-order valence-corrected chi connectivity index (χ1v) is 16.3. The number of piperidine rings is 1. The number of likely N-dealkylation sites (tertiary alicyclic amines) is 1. The number of aliphatic hydroxyl groups is 1. The first kappa shape index (κ1) is 28.7. The maximum Gasteiger partial charge on any atom is 0.281 e. The van der Waals surface area contributed by atoms with Crippen molar-refractivity contribution in [1.82, 2.24) is 25.0 Å². The van der Waals surface area contributed by atoms with Crippen molar-refractivity contribution in [3.05, 3.63) is 71.4 Å². The van der Waals surface area contributed by atoms with E-state index in [1.165, 1.54) is 21.4 Å². The number of ether oxygens (including phenoxy) is 1. The van der Waals surface area contributed by atoms with E-state index >= 15 is 0 Å². The standard InChI is InChI=1S/C35H41N5O5/c1-20(2)34(37-31(41)23-16-25-24-11-7-12-26-30(24)22(18-36-26)17-27(25)38(3)19-23)33(43)40-28(15-21-9-5-4-6-10-21)32(42)39-14-8-13-29(39)35(40,44)45-34/h4-7,9-12,18,20,23,25,27-29,36,44H,8,13-17,19H2,1-3H3,(H,37,41)/t23-,25-,27+,28+,29-,34-,35+/m1/s1. The van der Waals surface area contributed by atoms with Crippen molar-refractivity contribution in [3.8, 4) is 0 Å². The lowest BCUT2D eigenvalue weighted by molar-refractivity contribution is -0.321. The number of nitrogens with one attached hydrogen (secondary N) is 2. The van der Waals surface area contributed by atoms with Crippen LogP contribution in [0.4, 0.5) is 0 Å². The molecule has 3 amide bonds. The highest BCUT2D eigenvalue weighted by Crippen LogP contribution is 2.49. The number of amides is 3. The number of hydrogen-bond acceptors (Lipinski definition) is 6. The number of H-pyrrole nitrogens is 1. The summed E-state index contributed by atoms with van der Waals surface area (Å²) >= 11 is 0. The number of fused-ring (bicyclic) bond motifs is 5. The van der Waals surface area contributed by atoms with Crippen LogP contribution in [0.5, 0.6) is 0 Å². The van der Waals surface area contributed by atoms with Crippen LogP contribution in [0.3, 0.4) is 0 Å². The van der Waals surface area contributed by atoms with Crippen molar-refractivity contribution >= 4 is 28.6 Å². The minimum absolute atomic E-state index is 0.164. The number of benzene rings is 2. The summed E-state index contributed by atoms with van der Waals surface area (Å²) in [6, 6.07) is 14.5. The highest BCUT2D eigenvalue weighted by molar-refractivity contribution is 5.98. The number of hydrogen-bond donors (Lipinski definition) is 3. The smallest absolute Gasteiger partial charge is 0.281 e. The van der Waals surface area contributed by atoms with E-state index in [0.717, 1.165) is 17.5 Å². The first-order valence-electron chi connectivity index (χ1n) is 16.3. The zero-order valence-corrected chi connectivity index (χ0v) is 26.0. The van der Waals surface area contributed by atoms with E-state index < -0.39 is 41.5 Å². The number of piperazine rings is 1. The molecule has 0 saturated carbocycles. The second-order valence-electron chi connectivity index (χ2n) is 14.0. The molecule has 10 nitrogen and oxygen atoms in total. The van der Waals surface area contributed by atoms with Crippen LogP contribution in [-0.4, -0.2) is 92.4 Å². The minimum Gasteiger partial charge on any atom is -0.361 e. The Bertz CT molecular complexity index is 1690. The van der Waals surface area contributed by atoms with Crippen LogP contribution in [-0.2, 0) is 32.0 Å². The molecule has 3 N–H and O–H groups in total. The average Bonchev–Trinajstić information content (AvgIpc) is 3.74. The Hall–Kier alpha value is -3.73. The summed E-state index contributed by atoms with van der Waals surface area (Å²) < 4.78 is 6.51. The van der Waals surface area contributed by atoms with Gasteiger partial charge in [-0.3, -0.25) is 24.0 Å². The van der Waals surface area contributed by atoms with Gasteiger partial charge in [0.2, 0.25) is 17.5 Å². The summed E-state index contributed by atoms with van der Waals surface area (Å²) in [5.74, 6) is -3.80. The fraction of sp³-hybridized carbons (Fsp3) is 0.514. The molecule has 3 aromatic rings. The molecule has 7 atom stereocenters. The predicted molar refractivity (Wildman–Crippen MR) is 167 cm³/mol. The van der Waals surface area contributed by atoms with Crippen LogP contribution in [0.2, 0.25) is 0 Å². The van der Waals surface area contributed by atoms with Gasteiger partial charge in [0.05, 0.1) is 5.92 Å². The lowest BCUT2D eigenvalue weighted by atomic mass is 9.72. The second-order valence-corrected chi connectivity index (χ2v) is 14.0. The van der Waals surface area contributed by atoms with Crippen LogP contribution in [0, 0.1) is 11.8 Å². The summed E-state index contributed by atoms with van der Waals surface area (Å²) in [5, 5.41) is 16.6. The molecule has 1 aliphatic carbocycles. The van der Waals surface area contributed by atoms with Gasteiger partial charge in [-0.2, -0.15) is 0 Å². The zero-order valence-electron chi connectivity index (χ0n) is 26.0. The molecule has 4 saturated heterocycles. The monoisotopic (exact) mass is 611 g/mol. The molecule has 1 aromatic heterocycles. The Morgan fingerprint density at radius 3 is 2.73 bits per heavy atom. The van der Waals surface area contributed by atoms with Crippen molar-refractivity contribution in [2.45, 2.75) is 81.6 Å². The molecule has 4 aliphatic heterocycles. The average molecular weight is 612 g/mol. The normalized spacial score (nSPS) is 34.3. The summed E-state index contributed by atoms with van der Waals surface area (Å²) in [6.07, 6.45) is 5.12. The van der Waals surface area contributed by atoms with Gasteiger partial charge in [0.1, 0.15) is 12.1 Å². The number of aromatic amines is 1. The third-order valence-electron chi connectivity index (χ3n) is 11.2. The van der Waals surface area contributed by atoms with Gasteiger partial charge in [-0.05, 0) is 55.5 Å². The molecular formula is C35H41N5O5. The van der Waals surface area contributed by atoms with Crippen molar-refractivity contribution in [1.29, 1.82) is 0 Å². The van der Waals surface area contributed by atoms with Crippen LogP contribution < -0.4 is 5.32 Å². The summed E-state index contributed by atoms with van der Waals surface area (Å²) in [5.41, 5.74) is 2.75. The van der Waals surface area contributed by atoms with E-state index in [1.54, 1.807) is 4.90 Å². The number of carbonyl (C=O) groups is 3. The maximum absolute atomic E-state index is 14.6. The molecule has 5 heterocycles. The molecular weight excluding hydrogens is 570 g/mol. The Morgan fingerprint density at radius 1 is 1.16 bits per heavy atom. The van der Waals surface area contributed by atoms with Gasteiger partial charge in [-0.25, -0.2) is 0 Å². The lowest BCUT2D eigenvalue weighted by Gasteiger charge is -2.48. The number of rotatable bonds is 5. The Balaban J connectivity index is 1.12. The Labute approximate surface area is 262 Å². The second kappa shape index (κ2) is 10.1. The molecule has 0 radical (unpaired) electrons. The largest absolute Gasteiger partial charge is 0.361 e. The van der Waals surface area contributed by atoms with Crippen LogP contribution in [0.25, 0.3) is 10.9 Å². The van der Waals surface area contributed by atoms with E-state index in [-0.39, 0.29) is 30.2 Å². The van der Waals surface area contributed by atoms with Gasteiger partial charge in [-0.1, -0.05) is 56.3 Å². The summed E-state index contributed by atoms with van der Waals surface area (Å²) in [4.78, 5) is 51.4. The highest BCUT2D eigenvalue weighted by Gasteiger charge is 2.72. The molecule has 0 spiro atoms. The van der Waals surface area contributed by atoms with E-state index in [9.17, 15) is 19.5 Å². The van der Waals surface area contributed by atoms with E-state index in [4.69, 9.17) is 4.74 Å². The summed E-state index contributed by atoms with van der Waals surface area (Å²) in [7, 11) is 2.07. The van der Waals surface area contributed by atoms with Crippen molar-refractivity contribution in [3.63, 3.8) is 0 Å². The van der Waals surface area contributed by atoms with Crippen LogP contribution >= 0.6 is 0 Å². The maximum atomic E-state index is 14.6. The van der Waals surface area contributed by atoms with E-state index in [0.29, 0.717) is 32.4 Å². The van der Waals surface area contributed by atoms with Gasteiger partial charge in [0, 0.05) is 54.5 Å². The number of likely N-dealkylation sites (N-methyl/N-ethyl adjacent to an activating group) is 1. The Kier molecular flexibility index (Phi) is 6.47. The predicted octanol–water partition coefficient (Wildman–Crippen LogP) is 2.72. The minimum atomic E-state index is -2.04. The summed E-state index contributed by atoms with van der Waals surface area (Å²) in [6.45, 7) is 4.68. The van der Waals surface area contributed by atoms with Gasteiger partial charge in [-0.15, -0.1) is 0 Å². The van der Waals surface area contributed by atoms with Gasteiger partial charge in [0.25, 0.3) is 11.8 Å². The number of carbonyl (C=O) groups excluding carboxylic acids is 3. The molecule has 45 heavy (non-hydrogen) atoms. The third kappa shape index (κ3) is 4.08. The van der Waals surface area contributed by atoms with Gasteiger partial charge < -0.3 is 25.2 Å². The van der Waals surface area contributed by atoms with Crippen molar-refractivity contribution < 1.29 is 24.2 Å². The molecule has 236 valence electrons. The van der Waals surface area contributed by atoms with E-state index in [1.807, 2.05) is 44.2 Å². The fourth-order valence-electron chi connectivity index (χ4n) is 8.99. The quantitative estimate of drug-likeness (QED) is 0.409. The Morgan fingerprint density at radius 2 is 1.96 bits per heavy atom. The first-order chi connectivity index (χ1) is 21.6. The van der Waals surface area contributed by atoms with Crippen molar-refractivity contribution in [2.24, 2.45) is 11.8 Å². The topological polar surface area (TPSA) is 118 Å². The van der Waals surface area contributed by atoms with Crippen LogP contribution in [0.15, 0.2) is 54.7 Å². The fourth-order valence-corrected chi connectivity index (χ4v) is 8.99. The van der Waals surface area contributed by atoms with Gasteiger partial charge in [0.15, 0.2) is 0 Å². The molecule has 0 unspecified atom stereocenters. The zero-order chi connectivity index (χ0) is 31.2. The molecule has 2 aromatic carbocycles.